The Balaban J connectivity index is 2.41. The molecule has 0 aromatic carbocycles. The molecule has 1 amide bonds. The molecule has 0 aliphatic heterocycles. The van der Waals surface area contributed by atoms with Crippen LogP contribution in [0.4, 0.5) is 5.69 Å². The number of hydrogen-bond acceptors (Lipinski definition) is 2. The molecule has 0 fully saturated rings. The Labute approximate surface area is 94.9 Å². The van der Waals surface area contributed by atoms with Gasteiger partial charge in [-0.1, -0.05) is 0 Å². The average Bonchev–Trinajstić information content (AvgIpc) is 2.22. The summed E-state index contributed by atoms with van der Waals surface area (Å²) in [5.41, 5.74) is 1.81. The number of nitrogens with one attached hydrogen (secondary N) is 1. The molecular formula is C11H15ClN2O. The fourth-order valence-corrected chi connectivity index (χ4v) is 1.40. The SMILES string of the molecule is Cc1cnccc1NC(=O)CCCCCl. The van der Waals surface area contributed by atoms with Crippen LogP contribution in [0.25, 0.3) is 0 Å². The lowest BCUT2D eigenvalue weighted by atomic mass is 10.2. The Morgan fingerprint density at radius 1 is 1.53 bits per heavy atom. The summed E-state index contributed by atoms with van der Waals surface area (Å²) in [4.78, 5) is 15.4. The molecule has 0 aliphatic rings. The van der Waals surface area contributed by atoms with Gasteiger partial charge in [-0.3, -0.25) is 9.78 Å². The van der Waals surface area contributed by atoms with Crippen molar-refractivity contribution in [1.82, 2.24) is 4.98 Å². The molecule has 0 unspecified atom stereocenters. The Morgan fingerprint density at radius 2 is 2.33 bits per heavy atom. The van der Waals surface area contributed by atoms with E-state index < -0.39 is 0 Å². The van der Waals surface area contributed by atoms with Crippen LogP contribution in [-0.4, -0.2) is 16.8 Å². The third kappa shape index (κ3) is 4.30. The van der Waals surface area contributed by atoms with Gasteiger partial charge in [0.05, 0.1) is 0 Å². The topological polar surface area (TPSA) is 42.0 Å². The van der Waals surface area contributed by atoms with Crippen molar-refractivity contribution < 1.29 is 4.79 Å². The van der Waals surface area contributed by atoms with Gasteiger partial charge in [0.2, 0.25) is 5.91 Å². The lowest BCUT2D eigenvalue weighted by molar-refractivity contribution is -0.116. The molecule has 3 nitrogen and oxygen atoms in total. The predicted octanol–water partition coefficient (Wildman–Crippen LogP) is 2.74. The number of rotatable bonds is 5. The number of carbonyl (C=O) groups excluding carboxylic acids is 1. The van der Waals surface area contributed by atoms with Crippen molar-refractivity contribution in [3.63, 3.8) is 0 Å². The van der Waals surface area contributed by atoms with Gasteiger partial charge in [0.15, 0.2) is 0 Å². The lowest BCUT2D eigenvalue weighted by Crippen LogP contribution is -2.12. The van der Waals surface area contributed by atoms with Gasteiger partial charge in [0, 0.05) is 30.4 Å². The number of nitrogens with zero attached hydrogens (tertiary/aromatic N) is 1. The van der Waals surface area contributed by atoms with Crippen LogP contribution in [0.3, 0.4) is 0 Å². The summed E-state index contributed by atoms with van der Waals surface area (Å²) in [6, 6.07) is 1.80. The third-order valence-corrected chi connectivity index (χ3v) is 2.35. The first kappa shape index (κ1) is 12.0. The van der Waals surface area contributed by atoms with E-state index >= 15 is 0 Å². The Morgan fingerprint density at radius 3 is 3.00 bits per heavy atom. The number of aryl methyl sites for hydroxylation is 1. The quantitative estimate of drug-likeness (QED) is 0.620. The number of halogens is 1. The van der Waals surface area contributed by atoms with Crippen molar-refractivity contribution in [1.29, 1.82) is 0 Å². The maximum absolute atomic E-state index is 11.5. The van der Waals surface area contributed by atoms with Crippen LogP contribution >= 0.6 is 11.6 Å². The summed E-state index contributed by atoms with van der Waals surface area (Å²) in [5, 5.41) is 2.85. The molecule has 0 bridgehead atoms. The molecule has 0 saturated carbocycles. The number of hydrogen-bond donors (Lipinski definition) is 1. The third-order valence-electron chi connectivity index (χ3n) is 2.08. The Bertz CT molecular complexity index is 328. The summed E-state index contributed by atoms with van der Waals surface area (Å²) in [6.07, 6.45) is 5.63. The summed E-state index contributed by atoms with van der Waals surface area (Å²) in [6.45, 7) is 1.92. The van der Waals surface area contributed by atoms with Crippen LogP contribution in [0.1, 0.15) is 24.8 Å². The minimum absolute atomic E-state index is 0.0365. The molecule has 1 aromatic rings. The van der Waals surface area contributed by atoms with Crippen molar-refractivity contribution >= 4 is 23.2 Å². The average molecular weight is 227 g/mol. The van der Waals surface area contributed by atoms with Crippen molar-refractivity contribution in [3.05, 3.63) is 24.0 Å². The van der Waals surface area contributed by atoms with E-state index in [9.17, 15) is 4.79 Å². The molecule has 1 rings (SSSR count). The normalized spacial score (nSPS) is 10.0. The monoisotopic (exact) mass is 226 g/mol. The van der Waals surface area contributed by atoms with E-state index in [-0.39, 0.29) is 5.91 Å². The van der Waals surface area contributed by atoms with Gasteiger partial charge in [-0.05, 0) is 31.4 Å². The van der Waals surface area contributed by atoms with Gasteiger partial charge in [-0.15, -0.1) is 11.6 Å². The lowest BCUT2D eigenvalue weighted by Gasteiger charge is -2.06. The second-order valence-electron chi connectivity index (χ2n) is 3.38. The van der Waals surface area contributed by atoms with E-state index in [0.29, 0.717) is 12.3 Å². The van der Waals surface area contributed by atoms with Gasteiger partial charge in [0.1, 0.15) is 0 Å². The maximum atomic E-state index is 11.5. The summed E-state index contributed by atoms with van der Waals surface area (Å²) < 4.78 is 0. The molecule has 1 heterocycles. The van der Waals surface area contributed by atoms with Crippen LogP contribution < -0.4 is 5.32 Å². The smallest absolute Gasteiger partial charge is 0.224 e. The first-order valence-corrected chi connectivity index (χ1v) is 5.54. The maximum Gasteiger partial charge on any atom is 0.224 e. The van der Waals surface area contributed by atoms with E-state index in [1.807, 2.05) is 6.92 Å². The highest BCUT2D eigenvalue weighted by atomic mass is 35.5. The molecule has 0 spiro atoms. The van der Waals surface area contributed by atoms with Crippen LogP contribution in [-0.2, 0) is 4.79 Å². The largest absolute Gasteiger partial charge is 0.326 e. The number of aromatic nitrogens is 1. The van der Waals surface area contributed by atoms with Gasteiger partial charge in [0.25, 0.3) is 0 Å². The highest BCUT2D eigenvalue weighted by Crippen LogP contribution is 2.12. The first-order chi connectivity index (χ1) is 7.24. The van der Waals surface area contributed by atoms with Crippen LogP contribution in [0, 0.1) is 6.92 Å². The predicted molar refractivity (Wildman–Crippen MR) is 62.2 cm³/mol. The zero-order valence-corrected chi connectivity index (χ0v) is 9.55. The van der Waals surface area contributed by atoms with E-state index in [0.717, 1.165) is 24.1 Å². The Hall–Kier alpha value is -1.09. The van der Waals surface area contributed by atoms with Crippen molar-refractivity contribution in [2.45, 2.75) is 26.2 Å². The number of unbranched alkanes of at least 4 members (excludes halogenated alkanes) is 1. The number of anilines is 1. The van der Waals surface area contributed by atoms with E-state index in [1.165, 1.54) is 0 Å². The van der Waals surface area contributed by atoms with Crippen molar-refractivity contribution in [2.24, 2.45) is 0 Å². The summed E-state index contributed by atoms with van der Waals surface area (Å²) in [5.74, 6) is 0.649. The highest BCUT2D eigenvalue weighted by molar-refractivity contribution is 6.17. The molecule has 0 radical (unpaired) electrons. The van der Waals surface area contributed by atoms with Crippen LogP contribution in [0.15, 0.2) is 18.5 Å². The number of carbonyl (C=O) groups is 1. The Kier molecular flexibility index (Phi) is 5.12. The van der Waals surface area contributed by atoms with Crippen molar-refractivity contribution in [2.75, 3.05) is 11.2 Å². The molecule has 4 heteroatoms. The number of amides is 1. The minimum Gasteiger partial charge on any atom is -0.326 e. The highest BCUT2D eigenvalue weighted by Gasteiger charge is 2.03. The molecule has 1 N–H and O–H groups in total. The fourth-order valence-electron chi connectivity index (χ4n) is 1.21. The van der Waals surface area contributed by atoms with Gasteiger partial charge in [-0.25, -0.2) is 0 Å². The molecular weight excluding hydrogens is 212 g/mol. The van der Waals surface area contributed by atoms with Gasteiger partial charge < -0.3 is 5.32 Å². The molecule has 82 valence electrons. The zero-order valence-electron chi connectivity index (χ0n) is 8.79. The molecule has 15 heavy (non-hydrogen) atoms. The van der Waals surface area contributed by atoms with Crippen LogP contribution in [0.2, 0.25) is 0 Å². The fraction of sp³-hybridized carbons (Fsp3) is 0.455. The van der Waals surface area contributed by atoms with Crippen molar-refractivity contribution in [3.8, 4) is 0 Å². The number of pyridine rings is 1. The van der Waals surface area contributed by atoms with Crippen LogP contribution in [0.5, 0.6) is 0 Å². The molecule has 0 saturated heterocycles. The van der Waals surface area contributed by atoms with Gasteiger partial charge >= 0.3 is 0 Å². The van der Waals surface area contributed by atoms with E-state index in [4.69, 9.17) is 11.6 Å². The van der Waals surface area contributed by atoms with E-state index in [1.54, 1.807) is 18.5 Å². The molecule has 1 aromatic heterocycles. The summed E-state index contributed by atoms with van der Waals surface area (Å²) >= 11 is 5.53. The second kappa shape index (κ2) is 6.40. The number of alkyl halides is 1. The molecule has 0 aliphatic carbocycles. The standard InChI is InChI=1S/C11H15ClN2O/c1-9-8-13-7-5-10(9)14-11(15)4-2-3-6-12/h5,7-8H,2-4,6H2,1H3,(H,13,14,15). The molecule has 0 atom stereocenters. The minimum atomic E-state index is 0.0365. The van der Waals surface area contributed by atoms with E-state index in [2.05, 4.69) is 10.3 Å². The zero-order chi connectivity index (χ0) is 11.1. The van der Waals surface area contributed by atoms with Gasteiger partial charge in [-0.2, -0.15) is 0 Å². The first-order valence-electron chi connectivity index (χ1n) is 5.00. The second-order valence-corrected chi connectivity index (χ2v) is 3.76. The summed E-state index contributed by atoms with van der Waals surface area (Å²) in [7, 11) is 0.